The highest BCUT2D eigenvalue weighted by Crippen LogP contribution is 2.23. The molecule has 0 atom stereocenters. The van der Waals surface area contributed by atoms with Gasteiger partial charge in [-0.3, -0.25) is 0 Å². The molecule has 7 heteroatoms. The van der Waals surface area contributed by atoms with E-state index in [0.717, 1.165) is 0 Å². The number of rotatable bonds is 2. The first kappa shape index (κ1) is 13.1. The van der Waals surface area contributed by atoms with E-state index >= 15 is 0 Å². The van der Waals surface area contributed by atoms with Crippen LogP contribution in [-0.2, 0) is 0 Å². The maximum Gasteiger partial charge on any atom is 0.346 e. The standard InChI is InChI=1S/C13H8Cl2FN3O/c1-7-5-8-9(16)3-2-4-10(8)19(7)20-13-17-11(14)6-12(15)18-13/h2-6H,1H3. The van der Waals surface area contributed by atoms with Crippen molar-refractivity contribution in [2.45, 2.75) is 6.92 Å². The number of halogens is 3. The van der Waals surface area contributed by atoms with Crippen LogP contribution >= 0.6 is 23.2 Å². The summed E-state index contributed by atoms with van der Waals surface area (Å²) in [5.74, 6) is -0.321. The summed E-state index contributed by atoms with van der Waals surface area (Å²) in [5, 5.41) is 0.790. The quantitative estimate of drug-likeness (QED) is 0.671. The summed E-state index contributed by atoms with van der Waals surface area (Å²) in [6, 6.07) is 7.79. The minimum atomic E-state index is -0.321. The lowest BCUT2D eigenvalue weighted by Gasteiger charge is -2.08. The minimum absolute atomic E-state index is 0.00707. The van der Waals surface area contributed by atoms with Crippen LogP contribution in [0, 0.1) is 12.7 Å². The largest absolute Gasteiger partial charge is 0.346 e. The smallest absolute Gasteiger partial charge is 0.333 e. The van der Waals surface area contributed by atoms with Gasteiger partial charge in [0.2, 0.25) is 0 Å². The molecule has 3 aromatic rings. The normalized spacial score (nSPS) is 11.0. The highest BCUT2D eigenvalue weighted by Gasteiger charge is 2.12. The van der Waals surface area contributed by atoms with Gasteiger partial charge >= 0.3 is 6.01 Å². The van der Waals surface area contributed by atoms with E-state index in [0.29, 0.717) is 16.6 Å². The Bertz CT molecular complexity index is 783. The molecule has 3 rings (SSSR count). The van der Waals surface area contributed by atoms with Crippen LogP contribution in [0.3, 0.4) is 0 Å². The average Bonchev–Trinajstić information content (AvgIpc) is 2.67. The molecule has 0 unspecified atom stereocenters. The fourth-order valence-corrected chi connectivity index (χ4v) is 2.32. The zero-order chi connectivity index (χ0) is 14.3. The fraction of sp³-hybridized carbons (Fsp3) is 0.0769. The number of hydrogen-bond acceptors (Lipinski definition) is 3. The second kappa shape index (κ2) is 4.92. The molecule has 0 fully saturated rings. The molecule has 0 saturated carbocycles. The van der Waals surface area contributed by atoms with E-state index in [1.165, 1.54) is 16.9 Å². The van der Waals surface area contributed by atoms with Crippen LogP contribution in [0.15, 0.2) is 30.3 Å². The summed E-state index contributed by atoms with van der Waals surface area (Å²) in [4.78, 5) is 13.4. The Morgan fingerprint density at radius 2 is 1.85 bits per heavy atom. The van der Waals surface area contributed by atoms with Gasteiger partial charge in [-0.2, -0.15) is 14.7 Å². The van der Waals surface area contributed by atoms with Crippen molar-refractivity contribution < 1.29 is 9.23 Å². The predicted molar refractivity (Wildman–Crippen MR) is 74.7 cm³/mol. The Hall–Kier alpha value is -1.85. The summed E-state index contributed by atoms with van der Waals surface area (Å²) in [5.41, 5.74) is 1.27. The molecule has 102 valence electrons. The zero-order valence-corrected chi connectivity index (χ0v) is 11.8. The van der Waals surface area contributed by atoms with Crippen molar-refractivity contribution in [1.29, 1.82) is 0 Å². The summed E-state index contributed by atoms with van der Waals surface area (Å²) in [6.07, 6.45) is 0. The molecule has 2 aromatic heterocycles. The van der Waals surface area contributed by atoms with Crippen molar-refractivity contribution in [3.05, 3.63) is 52.1 Å². The lowest BCUT2D eigenvalue weighted by Crippen LogP contribution is -2.09. The van der Waals surface area contributed by atoms with Gasteiger partial charge in [0.15, 0.2) is 0 Å². The van der Waals surface area contributed by atoms with Crippen molar-refractivity contribution in [2.75, 3.05) is 0 Å². The molecule has 4 nitrogen and oxygen atoms in total. The number of aromatic nitrogens is 3. The van der Waals surface area contributed by atoms with E-state index in [4.69, 9.17) is 28.0 Å². The van der Waals surface area contributed by atoms with Gasteiger partial charge in [0, 0.05) is 11.5 Å². The van der Waals surface area contributed by atoms with Crippen LogP contribution in [0.5, 0.6) is 6.01 Å². The lowest BCUT2D eigenvalue weighted by atomic mass is 10.2. The van der Waals surface area contributed by atoms with Gasteiger partial charge in [0.1, 0.15) is 16.1 Å². The van der Waals surface area contributed by atoms with Gasteiger partial charge in [0.25, 0.3) is 0 Å². The topological polar surface area (TPSA) is 39.9 Å². The molecule has 0 N–H and O–H groups in total. The number of fused-ring (bicyclic) bond motifs is 1. The van der Waals surface area contributed by atoms with Gasteiger partial charge in [-0.1, -0.05) is 29.3 Å². The van der Waals surface area contributed by atoms with Crippen LogP contribution in [0.2, 0.25) is 10.3 Å². The van der Waals surface area contributed by atoms with E-state index in [1.807, 2.05) is 0 Å². The van der Waals surface area contributed by atoms with Crippen molar-refractivity contribution in [3.8, 4) is 6.01 Å². The number of nitrogens with zero attached hydrogens (tertiary/aromatic N) is 3. The third-order valence-electron chi connectivity index (χ3n) is 2.74. The van der Waals surface area contributed by atoms with Crippen molar-refractivity contribution in [3.63, 3.8) is 0 Å². The van der Waals surface area contributed by atoms with Crippen LogP contribution in [0.4, 0.5) is 4.39 Å². The summed E-state index contributed by atoms with van der Waals surface area (Å²) < 4.78 is 15.1. The maximum absolute atomic E-state index is 13.7. The summed E-state index contributed by atoms with van der Waals surface area (Å²) in [6.45, 7) is 1.78. The minimum Gasteiger partial charge on any atom is -0.333 e. The molecular formula is C13H8Cl2FN3O. The van der Waals surface area contributed by atoms with Crippen LogP contribution in [-0.4, -0.2) is 14.7 Å². The average molecular weight is 312 g/mol. The second-order valence-corrected chi connectivity index (χ2v) is 4.91. The van der Waals surface area contributed by atoms with Gasteiger partial charge in [-0.05, 0) is 25.1 Å². The van der Waals surface area contributed by atoms with Crippen LogP contribution in [0.1, 0.15) is 5.69 Å². The molecule has 2 heterocycles. The maximum atomic E-state index is 13.7. The Morgan fingerprint density at radius 3 is 2.55 bits per heavy atom. The molecule has 0 spiro atoms. The SMILES string of the molecule is Cc1cc2c(F)cccc2n1Oc1nc(Cl)cc(Cl)n1. The molecule has 0 radical (unpaired) electrons. The third-order valence-corrected chi connectivity index (χ3v) is 3.13. The first-order valence-electron chi connectivity index (χ1n) is 5.69. The van der Waals surface area contributed by atoms with Crippen LogP contribution < -0.4 is 4.84 Å². The molecule has 0 amide bonds. The van der Waals surface area contributed by atoms with E-state index in [2.05, 4.69) is 9.97 Å². The molecule has 0 saturated heterocycles. The molecule has 0 aliphatic heterocycles. The number of benzene rings is 1. The van der Waals surface area contributed by atoms with E-state index in [-0.39, 0.29) is 22.1 Å². The molecule has 0 bridgehead atoms. The molecule has 0 aliphatic carbocycles. The Balaban J connectivity index is 2.11. The van der Waals surface area contributed by atoms with E-state index in [1.54, 1.807) is 25.1 Å². The lowest BCUT2D eigenvalue weighted by molar-refractivity contribution is 0.202. The molecule has 20 heavy (non-hydrogen) atoms. The van der Waals surface area contributed by atoms with Gasteiger partial charge in [-0.25, -0.2) is 4.39 Å². The highest BCUT2D eigenvalue weighted by atomic mass is 35.5. The third kappa shape index (κ3) is 2.30. The summed E-state index contributed by atoms with van der Waals surface area (Å²) in [7, 11) is 0. The molecule has 1 aromatic carbocycles. The Kier molecular flexibility index (Phi) is 3.23. The van der Waals surface area contributed by atoms with Crippen molar-refractivity contribution in [2.24, 2.45) is 0 Å². The Labute approximate surface area is 123 Å². The highest BCUT2D eigenvalue weighted by molar-refractivity contribution is 6.33. The molecule has 0 aliphatic rings. The second-order valence-electron chi connectivity index (χ2n) is 4.14. The summed E-state index contributed by atoms with van der Waals surface area (Å²) >= 11 is 11.6. The van der Waals surface area contributed by atoms with E-state index < -0.39 is 0 Å². The van der Waals surface area contributed by atoms with E-state index in [9.17, 15) is 4.39 Å². The Morgan fingerprint density at radius 1 is 1.15 bits per heavy atom. The predicted octanol–water partition coefficient (Wildman–Crippen LogP) is 4.03. The monoisotopic (exact) mass is 311 g/mol. The zero-order valence-electron chi connectivity index (χ0n) is 10.3. The number of aryl methyl sites for hydroxylation is 1. The van der Waals surface area contributed by atoms with Gasteiger partial charge in [0.05, 0.1) is 11.2 Å². The van der Waals surface area contributed by atoms with Gasteiger partial charge < -0.3 is 4.84 Å². The molecular weight excluding hydrogens is 304 g/mol. The first-order valence-corrected chi connectivity index (χ1v) is 6.45. The van der Waals surface area contributed by atoms with Crippen molar-refractivity contribution in [1.82, 2.24) is 14.7 Å². The van der Waals surface area contributed by atoms with Crippen molar-refractivity contribution >= 4 is 34.1 Å². The number of hydrogen-bond donors (Lipinski definition) is 0. The van der Waals surface area contributed by atoms with Gasteiger partial charge in [-0.15, -0.1) is 0 Å². The van der Waals surface area contributed by atoms with Crippen LogP contribution in [0.25, 0.3) is 10.9 Å². The fourth-order valence-electron chi connectivity index (χ4n) is 1.92. The first-order chi connectivity index (χ1) is 9.54.